The van der Waals surface area contributed by atoms with Gasteiger partial charge in [-0.1, -0.05) is 97.3 Å². The van der Waals surface area contributed by atoms with Gasteiger partial charge in [-0.2, -0.15) is 0 Å². The monoisotopic (exact) mass is 983 g/mol. The molecule has 13 nitrogen and oxygen atoms in total. The number of benzene rings is 1. The van der Waals surface area contributed by atoms with E-state index in [0.29, 0.717) is 38.9 Å². The van der Waals surface area contributed by atoms with Gasteiger partial charge in [0.15, 0.2) is 6.10 Å². The van der Waals surface area contributed by atoms with Crippen molar-refractivity contribution in [2.24, 2.45) is 11.3 Å². The minimum absolute atomic E-state index is 0.00566. The fraction of sp³-hybridized carbons (Fsp3) is 0.692. The molecule has 0 bridgehead atoms. The number of unbranched alkanes of at least 4 members (excludes halogenated alkanes) is 9. The molecule has 1 amide bonds. The van der Waals surface area contributed by atoms with E-state index < -0.39 is 17.5 Å². The van der Waals surface area contributed by atoms with Crippen LogP contribution in [0.15, 0.2) is 28.9 Å². The van der Waals surface area contributed by atoms with Gasteiger partial charge in [-0.25, -0.2) is 0 Å². The van der Waals surface area contributed by atoms with Crippen LogP contribution in [0.25, 0.3) is 16.5 Å². The molecule has 2 heterocycles. The summed E-state index contributed by atoms with van der Waals surface area (Å²) >= 11 is 3.79. The molecule has 0 saturated heterocycles. The van der Waals surface area contributed by atoms with E-state index in [1.54, 1.807) is 4.57 Å². The average molecular weight is 985 g/mol. The number of likely N-dealkylation sites (N-methyl/N-ethyl adjacent to an activating group) is 1. The summed E-state index contributed by atoms with van der Waals surface area (Å²) in [5, 5.41) is 1.04. The summed E-state index contributed by atoms with van der Waals surface area (Å²) in [7, 11) is 2.07. The Bertz CT molecular complexity index is 1940. The van der Waals surface area contributed by atoms with E-state index in [1.807, 2.05) is 44.7 Å². The van der Waals surface area contributed by atoms with Crippen LogP contribution >= 0.6 is 15.9 Å². The molecule has 2 atom stereocenters. The van der Waals surface area contributed by atoms with Crippen molar-refractivity contribution >= 4 is 68.1 Å². The predicted molar refractivity (Wildman–Crippen MR) is 261 cm³/mol. The van der Waals surface area contributed by atoms with Crippen LogP contribution in [0.3, 0.4) is 0 Å². The van der Waals surface area contributed by atoms with Crippen LogP contribution in [0.5, 0.6) is 0 Å². The van der Waals surface area contributed by atoms with Crippen molar-refractivity contribution < 1.29 is 47.7 Å². The van der Waals surface area contributed by atoms with Crippen LogP contribution in [0.2, 0.25) is 0 Å². The van der Waals surface area contributed by atoms with Gasteiger partial charge >= 0.3 is 23.9 Å². The van der Waals surface area contributed by atoms with Crippen molar-refractivity contribution in [1.29, 1.82) is 0 Å². The van der Waals surface area contributed by atoms with E-state index in [0.717, 1.165) is 103 Å². The van der Waals surface area contributed by atoms with E-state index in [4.69, 9.17) is 18.9 Å². The van der Waals surface area contributed by atoms with Crippen LogP contribution in [-0.4, -0.2) is 109 Å². The number of nitrogens with zero attached hydrogens (tertiary/aromatic N) is 3. The van der Waals surface area contributed by atoms with Gasteiger partial charge in [-0.3, -0.25) is 38.2 Å². The summed E-state index contributed by atoms with van der Waals surface area (Å²) in [6.45, 7) is 13.8. The Labute approximate surface area is 402 Å². The van der Waals surface area contributed by atoms with Crippen LogP contribution in [0.1, 0.15) is 173 Å². The molecule has 1 aromatic carbocycles. The summed E-state index contributed by atoms with van der Waals surface area (Å²) in [5.41, 5.74) is 3.52. The van der Waals surface area contributed by atoms with E-state index >= 15 is 0 Å². The second kappa shape index (κ2) is 27.7. The molecule has 0 saturated carbocycles. The highest BCUT2D eigenvalue weighted by Gasteiger charge is 2.38. The number of esters is 4. The molecular weight excluding hydrogens is 906 g/mol. The highest BCUT2D eigenvalue weighted by molar-refractivity contribution is 9.10. The first kappa shape index (κ1) is 54.6. The molecule has 0 N–H and O–H groups in total. The maximum atomic E-state index is 13.8. The quantitative estimate of drug-likeness (QED) is 0.0418. The minimum atomic E-state index is -0.941. The maximum absolute atomic E-state index is 13.8. The topological polar surface area (TPSA) is 151 Å². The van der Waals surface area contributed by atoms with Gasteiger partial charge in [0.2, 0.25) is 11.8 Å². The summed E-state index contributed by atoms with van der Waals surface area (Å²) in [6.07, 6.45) is 14.2. The smallest absolute Gasteiger partial charge is 0.306 e. The Morgan fingerprint density at radius 1 is 0.758 bits per heavy atom. The average Bonchev–Trinajstić information content (AvgIpc) is 3.57. The third-order valence-corrected chi connectivity index (χ3v) is 13.8. The lowest BCUT2D eigenvalue weighted by Gasteiger charge is -2.40. The molecular formula is C52H78BrN3O10. The molecule has 0 spiro atoms. The summed E-state index contributed by atoms with van der Waals surface area (Å²) in [4.78, 5) is 82.2. The fourth-order valence-electron chi connectivity index (χ4n) is 9.03. The Morgan fingerprint density at radius 2 is 1.35 bits per heavy atom. The predicted octanol–water partition coefficient (Wildman–Crippen LogP) is 10.4. The standard InChI is InChI=1S/C52H78BrN3O10/c1-8-12-14-16-18-26-45(58)64-35-38(36-65-46(59)27-19-17-15-13-9-2)66-48(61)33-52(5,6)29-28-47(60)63-30-21-20-25-44(57)56-42-24-22-23-39-40-31-37(51(62)55(10-3)11-4)34-54(7)43(40)32-41(49(39)42)50(56)53/h22-24,31,37-38,43H,8-21,25-30,32-36H2,1-7H3/t37-,43?/m1/s1. The number of ether oxygens (including phenoxy) is 4. The largest absolute Gasteiger partial charge is 0.466 e. The van der Waals surface area contributed by atoms with E-state index in [-0.39, 0.29) is 93.6 Å². The first-order valence-electron chi connectivity index (χ1n) is 24.9. The van der Waals surface area contributed by atoms with E-state index in [2.05, 4.69) is 53.9 Å². The number of fused-ring (bicyclic) bond motifs is 2. The number of hydrogen-bond acceptors (Lipinski definition) is 11. The summed E-state index contributed by atoms with van der Waals surface area (Å²) in [5.74, 6) is -1.83. The Morgan fingerprint density at radius 3 is 1.95 bits per heavy atom. The molecule has 2 aromatic rings. The molecule has 1 aliphatic heterocycles. The molecule has 0 fully saturated rings. The van der Waals surface area contributed by atoms with Crippen molar-refractivity contribution in [2.75, 3.05) is 46.5 Å². The number of aromatic nitrogens is 1. The Hall–Kier alpha value is -4.04. The highest BCUT2D eigenvalue weighted by atomic mass is 79.9. The first-order chi connectivity index (χ1) is 31.6. The van der Waals surface area contributed by atoms with Crippen molar-refractivity contribution in [3.05, 3.63) is 40.0 Å². The zero-order valence-electron chi connectivity index (χ0n) is 41.0. The second-order valence-corrected chi connectivity index (χ2v) is 19.7. The van der Waals surface area contributed by atoms with Crippen LogP contribution in [0.4, 0.5) is 0 Å². The molecule has 0 radical (unpaired) electrons. The van der Waals surface area contributed by atoms with E-state index in [9.17, 15) is 28.8 Å². The fourth-order valence-corrected chi connectivity index (χ4v) is 9.78. The Balaban J connectivity index is 1.23. The molecule has 2 aliphatic rings. The number of carbonyl (C=O) groups excluding carboxylic acids is 6. The number of rotatable bonds is 30. The van der Waals surface area contributed by atoms with Gasteiger partial charge in [0.25, 0.3) is 0 Å². The molecule has 1 aliphatic carbocycles. The summed E-state index contributed by atoms with van der Waals surface area (Å²) < 4.78 is 24.6. The van der Waals surface area contributed by atoms with Crippen LogP contribution in [0, 0.1) is 11.3 Å². The SMILES string of the molecule is CCCCCCCC(=O)OCC(COC(=O)CCCCCCC)OC(=O)CC(C)(C)CCC(=O)OCCCCC(=O)n1c(Br)c2c3c(cccc31)C1=C[C@@H](C(=O)N(CC)CC)CN(C)C1C2. The number of hydrogen-bond donors (Lipinski definition) is 0. The maximum Gasteiger partial charge on any atom is 0.306 e. The first-order valence-corrected chi connectivity index (χ1v) is 25.7. The lowest BCUT2D eigenvalue weighted by atomic mass is 9.79. The number of halogens is 1. The van der Waals surface area contributed by atoms with Crippen molar-refractivity contribution in [2.45, 2.75) is 176 Å². The van der Waals surface area contributed by atoms with Gasteiger partial charge < -0.3 is 23.8 Å². The van der Waals surface area contributed by atoms with Crippen molar-refractivity contribution in [1.82, 2.24) is 14.4 Å². The highest BCUT2D eigenvalue weighted by Crippen LogP contribution is 2.45. The molecule has 1 unspecified atom stereocenters. The Kier molecular flexibility index (Phi) is 22.9. The van der Waals surface area contributed by atoms with Crippen molar-refractivity contribution in [3.63, 3.8) is 0 Å². The van der Waals surface area contributed by atoms with Gasteiger partial charge in [-0.05, 0) is 104 Å². The minimum Gasteiger partial charge on any atom is -0.466 e. The lowest BCUT2D eigenvalue weighted by Crippen LogP contribution is -2.47. The van der Waals surface area contributed by atoms with Crippen LogP contribution < -0.4 is 0 Å². The zero-order chi connectivity index (χ0) is 48.2. The van der Waals surface area contributed by atoms with Gasteiger partial charge in [0.1, 0.15) is 13.2 Å². The second-order valence-electron chi connectivity index (χ2n) is 18.9. The summed E-state index contributed by atoms with van der Waals surface area (Å²) in [6, 6.07) is 6.14. The third-order valence-electron chi connectivity index (χ3n) is 12.9. The van der Waals surface area contributed by atoms with Crippen LogP contribution in [-0.2, 0) is 49.3 Å². The van der Waals surface area contributed by atoms with Gasteiger partial charge in [-0.15, -0.1) is 0 Å². The molecule has 368 valence electrons. The zero-order valence-corrected chi connectivity index (χ0v) is 42.6. The normalized spacial score (nSPS) is 15.9. The third kappa shape index (κ3) is 16.3. The van der Waals surface area contributed by atoms with Gasteiger partial charge in [0.05, 0.1) is 29.1 Å². The van der Waals surface area contributed by atoms with Gasteiger partial charge in [0, 0.05) is 56.7 Å². The molecule has 4 rings (SSSR count). The number of carbonyl (C=O) groups is 6. The molecule has 14 heteroatoms. The molecule has 66 heavy (non-hydrogen) atoms. The number of amides is 1. The lowest BCUT2D eigenvalue weighted by molar-refractivity contribution is -0.168. The van der Waals surface area contributed by atoms with Crippen molar-refractivity contribution in [3.8, 4) is 0 Å². The van der Waals surface area contributed by atoms with E-state index in [1.165, 1.54) is 0 Å². The molecule has 1 aromatic heterocycles.